The Labute approximate surface area is 197 Å². The second-order valence-corrected chi connectivity index (χ2v) is 8.41. The maximum atomic E-state index is 13.4. The summed E-state index contributed by atoms with van der Waals surface area (Å²) >= 11 is 0. The van der Waals surface area contributed by atoms with Gasteiger partial charge in [-0.05, 0) is 42.2 Å². The fourth-order valence-electron chi connectivity index (χ4n) is 4.32. The van der Waals surface area contributed by atoms with E-state index in [1.807, 2.05) is 30.3 Å². The lowest BCUT2D eigenvalue weighted by Gasteiger charge is -2.34. The van der Waals surface area contributed by atoms with Crippen molar-refractivity contribution >= 4 is 11.6 Å². The molecule has 1 unspecified atom stereocenters. The van der Waals surface area contributed by atoms with Crippen molar-refractivity contribution in [2.75, 3.05) is 11.4 Å². The Morgan fingerprint density at radius 1 is 1.06 bits per heavy atom. The van der Waals surface area contributed by atoms with Gasteiger partial charge in [-0.15, -0.1) is 0 Å². The molecule has 1 N–H and O–H groups in total. The maximum Gasteiger partial charge on any atom is 0.471 e. The summed E-state index contributed by atoms with van der Waals surface area (Å²) in [5.41, 5.74) is 0.956. The average Bonchev–Trinajstić information content (AvgIpc) is 3.26. The van der Waals surface area contributed by atoms with E-state index in [1.54, 1.807) is 11.1 Å². The van der Waals surface area contributed by atoms with Gasteiger partial charge in [-0.3, -0.25) is 4.79 Å². The van der Waals surface area contributed by atoms with Gasteiger partial charge in [-0.25, -0.2) is 4.98 Å². The molecular weight excluding hydrogens is 474 g/mol. The van der Waals surface area contributed by atoms with E-state index in [1.165, 1.54) is 12.4 Å². The molecule has 0 spiro atoms. The van der Waals surface area contributed by atoms with Crippen molar-refractivity contribution < 1.29 is 31.1 Å². The minimum Gasteiger partial charge on any atom is -0.361 e. The smallest absolute Gasteiger partial charge is 0.361 e. The number of fused-ring (bicyclic) bond motifs is 1. The number of imidazole rings is 1. The number of rotatable bonds is 5. The summed E-state index contributed by atoms with van der Waals surface area (Å²) in [6.07, 6.45) is -5.96. The van der Waals surface area contributed by atoms with E-state index in [4.69, 9.17) is 0 Å². The van der Waals surface area contributed by atoms with Crippen molar-refractivity contribution in [3.8, 4) is 0 Å². The molecule has 2 heterocycles. The van der Waals surface area contributed by atoms with Crippen LogP contribution < -0.4 is 4.90 Å². The Balaban J connectivity index is 1.77. The number of halogens is 6. The lowest BCUT2D eigenvalue weighted by Crippen LogP contribution is -2.47. The molecule has 0 fully saturated rings. The summed E-state index contributed by atoms with van der Waals surface area (Å²) in [5, 5.41) is 0. The molecule has 1 aliphatic rings. The summed E-state index contributed by atoms with van der Waals surface area (Å²) in [6.45, 7) is -0.708. The van der Waals surface area contributed by atoms with Crippen molar-refractivity contribution in [3.05, 3.63) is 83.4 Å². The van der Waals surface area contributed by atoms with Gasteiger partial charge in [0.15, 0.2) is 0 Å². The molecule has 4 rings (SSSR count). The number of aromatic amines is 1. The minimum atomic E-state index is -5.15. The van der Waals surface area contributed by atoms with Crippen molar-refractivity contribution in [2.45, 2.75) is 44.3 Å². The van der Waals surface area contributed by atoms with E-state index in [9.17, 15) is 31.1 Å². The van der Waals surface area contributed by atoms with Crippen LogP contribution in [0.3, 0.4) is 0 Å². The van der Waals surface area contributed by atoms with Gasteiger partial charge in [0, 0.05) is 31.0 Å². The predicted molar refractivity (Wildman–Crippen MR) is 116 cm³/mol. The zero-order valence-electron chi connectivity index (χ0n) is 18.4. The maximum absolute atomic E-state index is 13.4. The lowest BCUT2D eigenvalue weighted by molar-refractivity contribution is -0.186. The Kier molecular flexibility index (Phi) is 6.77. The highest BCUT2D eigenvalue weighted by atomic mass is 19.4. The molecule has 5 nitrogen and oxygen atoms in total. The van der Waals surface area contributed by atoms with Crippen molar-refractivity contribution in [1.82, 2.24) is 14.9 Å². The highest BCUT2D eigenvalue weighted by molar-refractivity contribution is 5.82. The Bertz CT molecular complexity index is 1150. The first-order valence-electron chi connectivity index (χ1n) is 10.9. The number of benzene rings is 2. The van der Waals surface area contributed by atoms with Crippen molar-refractivity contribution in [2.24, 2.45) is 0 Å². The van der Waals surface area contributed by atoms with Gasteiger partial charge in [0.2, 0.25) is 0 Å². The fourth-order valence-corrected chi connectivity index (χ4v) is 4.32. The van der Waals surface area contributed by atoms with Crippen LogP contribution in [0.15, 0.2) is 61.1 Å². The molecule has 2 aromatic carbocycles. The van der Waals surface area contributed by atoms with E-state index in [0.29, 0.717) is 29.1 Å². The lowest BCUT2D eigenvalue weighted by atomic mass is 10.0. The predicted octanol–water partition coefficient (Wildman–Crippen LogP) is 5.34. The highest BCUT2D eigenvalue weighted by Crippen LogP contribution is 2.37. The summed E-state index contributed by atoms with van der Waals surface area (Å²) in [4.78, 5) is 21.5. The molecule has 35 heavy (non-hydrogen) atoms. The van der Waals surface area contributed by atoms with Crippen molar-refractivity contribution in [1.29, 1.82) is 0 Å². The first kappa shape index (κ1) is 24.6. The van der Waals surface area contributed by atoms with E-state index in [0.717, 1.165) is 17.7 Å². The van der Waals surface area contributed by atoms with Gasteiger partial charge in [0.25, 0.3) is 0 Å². The third-order valence-corrected chi connectivity index (χ3v) is 5.98. The van der Waals surface area contributed by atoms with Gasteiger partial charge in [-0.1, -0.05) is 30.3 Å². The zero-order chi connectivity index (χ0) is 25.2. The van der Waals surface area contributed by atoms with Gasteiger partial charge in [0.05, 0.1) is 24.1 Å². The number of alkyl halides is 6. The standard InChI is InChI=1S/C24H22F6N4O/c25-23(26,27)18-7-9-21-17(10-18)12-33(22(35)24(28,29)30)14-20(8-6-16-4-2-1-3-5-16)34(21)13-19-11-31-15-32-19/h1-5,7,9-11,15,20H,6,8,12-14H2,(H,31,32). The molecule has 0 saturated heterocycles. The summed E-state index contributed by atoms with van der Waals surface area (Å²) in [6, 6.07) is 11.7. The second kappa shape index (κ2) is 9.63. The summed E-state index contributed by atoms with van der Waals surface area (Å²) in [5.74, 6) is -2.08. The number of anilines is 1. The van der Waals surface area contributed by atoms with E-state index in [2.05, 4.69) is 9.97 Å². The Morgan fingerprint density at radius 2 is 1.80 bits per heavy atom. The zero-order valence-corrected chi connectivity index (χ0v) is 18.4. The second-order valence-electron chi connectivity index (χ2n) is 8.41. The number of nitrogens with zero attached hydrogens (tertiary/aromatic N) is 3. The highest BCUT2D eigenvalue weighted by Gasteiger charge is 2.45. The molecular formula is C24H22F6N4O. The molecule has 0 aliphatic carbocycles. The summed E-state index contributed by atoms with van der Waals surface area (Å²) in [7, 11) is 0. The van der Waals surface area contributed by atoms with Gasteiger partial charge in [0.1, 0.15) is 0 Å². The molecule has 1 atom stereocenters. The number of hydrogen-bond acceptors (Lipinski definition) is 3. The topological polar surface area (TPSA) is 52.2 Å². The molecule has 1 aliphatic heterocycles. The molecule has 186 valence electrons. The normalized spacial score (nSPS) is 16.7. The van der Waals surface area contributed by atoms with Gasteiger partial charge < -0.3 is 14.8 Å². The van der Waals surface area contributed by atoms with E-state index >= 15 is 0 Å². The van der Waals surface area contributed by atoms with E-state index < -0.39 is 36.4 Å². The molecule has 11 heteroatoms. The van der Waals surface area contributed by atoms with Crippen LogP contribution in [0.2, 0.25) is 0 Å². The Hall–Kier alpha value is -3.50. The minimum absolute atomic E-state index is 0.000786. The molecule has 0 radical (unpaired) electrons. The van der Waals surface area contributed by atoms with Crippen LogP contribution in [-0.4, -0.2) is 39.5 Å². The van der Waals surface area contributed by atoms with Crippen LogP contribution in [-0.2, 0) is 30.5 Å². The third kappa shape index (κ3) is 5.77. The average molecular weight is 496 g/mol. The van der Waals surface area contributed by atoms with Crippen LogP contribution in [0, 0.1) is 0 Å². The quantitative estimate of drug-likeness (QED) is 0.485. The number of amides is 1. The molecule has 0 saturated carbocycles. The molecule has 1 amide bonds. The first-order chi connectivity index (χ1) is 16.5. The van der Waals surface area contributed by atoms with Crippen LogP contribution in [0.25, 0.3) is 0 Å². The largest absolute Gasteiger partial charge is 0.471 e. The molecule has 0 bridgehead atoms. The summed E-state index contributed by atoms with van der Waals surface area (Å²) < 4.78 is 80.4. The van der Waals surface area contributed by atoms with Crippen LogP contribution in [0.5, 0.6) is 0 Å². The number of H-pyrrole nitrogens is 1. The number of carbonyl (C=O) groups excluding carboxylic acids is 1. The molecule has 3 aromatic rings. The van der Waals surface area contributed by atoms with Gasteiger partial charge >= 0.3 is 18.3 Å². The van der Waals surface area contributed by atoms with Crippen LogP contribution >= 0.6 is 0 Å². The first-order valence-corrected chi connectivity index (χ1v) is 10.9. The van der Waals surface area contributed by atoms with E-state index in [-0.39, 0.29) is 18.7 Å². The number of carbonyl (C=O) groups is 1. The third-order valence-electron chi connectivity index (χ3n) is 5.98. The molecule has 1 aromatic heterocycles. The Morgan fingerprint density at radius 3 is 2.43 bits per heavy atom. The number of hydrogen-bond donors (Lipinski definition) is 1. The number of aryl methyl sites for hydroxylation is 1. The van der Waals surface area contributed by atoms with Crippen LogP contribution in [0.4, 0.5) is 32.0 Å². The number of nitrogens with one attached hydrogen (secondary N) is 1. The fraction of sp³-hybridized carbons (Fsp3) is 0.333. The SMILES string of the molecule is O=C(N1Cc2cc(C(F)(F)F)ccc2N(Cc2cnc[nH]2)C(CCc2ccccc2)C1)C(F)(F)F. The monoisotopic (exact) mass is 496 g/mol. The van der Waals surface area contributed by atoms with Crippen molar-refractivity contribution in [3.63, 3.8) is 0 Å². The number of aromatic nitrogens is 2. The van der Waals surface area contributed by atoms with Crippen LogP contribution in [0.1, 0.15) is 28.8 Å². The van der Waals surface area contributed by atoms with Gasteiger partial charge in [-0.2, -0.15) is 26.3 Å².